The maximum absolute atomic E-state index is 12.6. The number of hydrogen-bond acceptors (Lipinski definition) is 3. The standard InChI is InChI=1S/C28H23N3O2S/c29-34(32,33)26-19-11-10-18-24(26)28-27(22-14-6-2-7-15-22)25(20-21-12-4-1-5-13-21)30-31(28)23-16-8-3-9-17-23/h1-19H,20H2,(H2,29,32,33). The number of nitrogens with zero attached hydrogens (tertiary/aromatic N) is 2. The van der Waals surface area contributed by atoms with E-state index in [4.69, 9.17) is 10.2 Å². The van der Waals surface area contributed by atoms with Gasteiger partial charge in [-0.05, 0) is 29.3 Å². The Bertz CT molecular complexity index is 1530. The summed E-state index contributed by atoms with van der Waals surface area (Å²) in [6, 6.07) is 36.6. The van der Waals surface area contributed by atoms with Crippen LogP contribution in [0.5, 0.6) is 0 Å². The summed E-state index contributed by atoms with van der Waals surface area (Å²) in [6.45, 7) is 0. The Morgan fingerprint density at radius 3 is 1.91 bits per heavy atom. The van der Waals surface area contributed by atoms with Crippen molar-refractivity contribution in [2.24, 2.45) is 5.14 Å². The van der Waals surface area contributed by atoms with Gasteiger partial charge in [-0.1, -0.05) is 97.1 Å². The van der Waals surface area contributed by atoms with E-state index in [-0.39, 0.29) is 4.90 Å². The zero-order chi connectivity index (χ0) is 23.5. The van der Waals surface area contributed by atoms with Gasteiger partial charge in [-0.2, -0.15) is 5.10 Å². The number of benzene rings is 4. The van der Waals surface area contributed by atoms with Crippen LogP contribution < -0.4 is 5.14 Å². The van der Waals surface area contributed by atoms with Gasteiger partial charge in [0.05, 0.1) is 22.0 Å². The molecule has 2 N–H and O–H groups in total. The van der Waals surface area contributed by atoms with Gasteiger partial charge in [-0.3, -0.25) is 0 Å². The fourth-order valence-electron chi connectivity index (χ4n) is 4.20. The monoisotopic (exact) mass is 465 g/mol. The third kappa shape index (κ3) is 4.29. The van der Waals surface area contributed by atoms with Crippen molar-refractivity contribution in [1.82, 2.24) is 9.78 Å². The van der Waals surface area contributed by atoms with Crippen LogP contribution in [0.25, 0.3) is 28.1 Å². The maximum Gasteiger partial charge on any atom is 0.238 e. The average Bonchev–Trinajstić information content (AvgIpc) is 3.24. The highest BCUT2D eigenvalue weighted by Gasteiger charge is 2.26. The molecule has 34 heavy (non-hydrogen) atoms. The van der Waals surface area contributed by atoms with Crippen LogP contribution in [-0.2, 0) is 16.4 Å². The molecule has 0 amide bonds. The van der Waals surface area contributed by atoms with E-state index < -0.39 is 10.0 Å². The number of primary sulfonamides is 1. The van der Waals surface area contributed by atoms with E-state index >= 15 is 0 Å². The molecule has 1 aromatic heterocycles. The highest BCUT2D eigenvalue weighted by Crippen LogP contribution is 2.40. The summed E-state index contributed by atoms with van der Waals surface area (Å²) in [5.74, 6) is 0. The van der Waals surface area contributed by atoms with Gasteiger partial charge < -0.3 is 0 Å². The molecule has 6 heteroatoms. The minimum absolute atomic E-state index is 0.0653. The lowest BCUT2D eigenvalue weighted by Gasteiger charge is -2.14. The summed E-state index contributed by atoms with van der Waals surface area (Å²) in [4.78, 5) is 0.0653. The van der Waals surface area contributed by atoms with Gasteiger partial charge in [0.25, 0.3) is 0 Å². The number of aromatic nitrogens is 2. The number of rotatable bonds is 6. The molecule has 0 saturated heterocycles. The number of nitrogens with two attached hydrogens (primary N) is 1. The Hall–Kier alpha value is -4.00. The van der Waals surface area contributed by atoms with Gasteiger partial charge in [0, 0.05) is 17.5 Å². The molecule has 5 rings (SSSR count). The molecule has 0 saturated carbocycles. The van der Waals surface area contributed by atoms with Crippen LogP contribution in [0.15, 0.2) is 120 Å². The summed E-state index contributed by atoms with van der Waals surface area (Å²) in [6.07, 6.45) is 0.593. The first kappa shape index (κ1) is 21.8. The van der Waals surface area contributed by atoms with Crippen LogP contribution in [0.4, 0.5) is 0 Å². The Morgan fingerprint density at radius 2 is 1.26 bits per heavy atom. The first-order valence-electron chi connectivity index (χ1n) is 10.9. The van der Waals surface area contributed by atoms with Crippen LogP contribution >= 0.6 is 0 Å². The molecule has 0 unspecified atom stereocenters. The van der Waals surface area contributed by atoms with Crippen molar-refractivity contribution in [1.29, 1.82) is 0 Å². The van der Waals surface area contributed by atoms with Crippen molar-refractivity contribution < 1.29 is 8.42 Å². The molecule has 0 aliphatic carbocycles. The zero-order valence-electron chi connectivity index (χ0n) is 18.4. The molecule has 168 valence electrons. The lowest BCUT2D eigenvalue weighted by atomic mass is 9.96. The van der Waals surface area contributed by atoms with Crippen molar-refractivity contribution in [3.8, 4) is 28.1 Å². The second-order valence-electron chi connectivity index (χ2n) is 7.99. The van der Waals surface area contributed by atoms with Crippen molar-refractivity contribution in [3.05, 3.63) is 127 Å². The molecule has 0 spiro atoms. The van der Waals surface area contributed by atoms with Crippen LogP contribution in [0.3, 0.4) is 0 Å². The number of hydrogen-bond donors (Lipinski definition) is 1. The number of para-hydroxylation sites is 1. The fraction of sp³-hybridized carbons (Fsp3) is 0.0357. The van der Waals surface area contributed by atoms with Crippen molar-refractivity contribution in [2.45, 2.75) is 11.3 Å². The number of sulfonamides is 1. The molecule has 0 aliphatic heterocycles. The molecule has 5 aromatic rings. The molecule has 5 nitrogen and oxygen atoms in total. The maximum atomic E-state index is 12.6. The molecule has 4 aromatic carbocycles. The van der Waals surface area contributed by atoms with E-state index in [0.717, 1.165) is 28.1 Å². The zero-order valence-corrected chi connectivity index (χ0v) is 19.2. The Morgan fingerprint density at radius 1 is 0.706 bits per heavy atom. The SMILES string of the molecule is NS(=O)(=O)c1ccccc1-c1c(-c2ccccc2)c(Cc2ccccc2)nn1-c1ccccc1. The largest absolute Gasteiger partial charge is 0.238 e. The summed E-state index contributed by atoms with van der Waals surface area (Å²) < 4.78 is 27.0. The molecule has 0 radical (unpaired) electrons. The van der Waals surface area contributed by atoms with Gasteiger partial charge >= 0.3 is 0 Å². The predicted octanol–water partition coefficient (Wildman–Crippen LogP) is 5.44. The van der Waals surface area contributed by atoms with E-state index in [1.807, 2.05) is 89.6 Å². The average molecular weight is 466 g/mol. The summed E-state index contributed by atoms with van der Waals surface area (Å²) in [5.41, 5.74) is 5.83. The third-order valence-corrected chi connectivity index (χ3v) is 6.65. The van der Waals surface area contributed by atoms with E-state index in [2.05, 4.69) is 12.1 Å². The fourth-order valence-corrected chi connectivity index (χ4v) is 4.94. The van der Waals surface area contributed by atoms with Crippen molar-refractivity contribution >= 4 is 10.0 Å². The molecule has 0 bridgehead atoms. The van der Waals surface area contributed by atoms with Crippen LogP contribution in [0, 0.1) is 0 Å². The van der Waals surface area contributed by atoms with Crippen LogP contribution in [-0.4, -0.2) is 18.2 Å². The summed E-state index contributed by atoms with van der Waals surface area (Å²) >= 11 is 0. The minimum Gasteiger partial charge on any atom is -0.232 e. The quantitative estimate of drug-likeness (QED) is 0.362. The lowest BCUT2D eigenvalue weighted by Crippen LogP contribution is -2.14. The molecular weight excluding hydrogens is 442 g/mol. The van der Waals surface area contributed by atoms with Gasteiger partial charge in [0.2, 0.25) is 10.0 Å². The highest BCUT2D eigenvalue weighted by molar-refractivity contribution is 7.89. The predicted molar refractivity (Wildman–Crippen MR) is 135 cm³/mol. The van der Waals surface area contributed by atoms with E-state index in [1.165, 1.54) is 0 Å². The Kier molecular flexibility index (Phi) is 5.84. The Balaban J connectivity index is 1.87. The van der Waals surface area contributed by atoms with E-state index in [1.54, 1.807) is 18.2 Å². The van der Waals surface area contributed by atoms with Gasteiger partial charge in [-0.15, -0.1) is 0 Å². The Labute approximate surface area is 199 Å². The highest BCUT2D eigenvalue weighted by atomic mass is 32.2. The topological polar surface area (TPSA) is 78.0 Å². The van der Waals surface area contributed by atoms with Crippen molar-refractivity contribution in [3.63, 3.8) is 0 Å². The molecule has 1 heterocycles. The lowest BCUT2D eigenvalue weighted by molar-refractivity contribution is 0.598. The van der Waals surface area contributed by atoms with E-state index in [9.17, 15) is 8.42 Å². The third-order valence-electron chi connectivity index (χ3n) is 5.68. The minimum atomic E-state index is -3.97. The molecule has 0 aliphatic rings. The van der Waals surface area contributed by atoms with Gasteiger partial charge in [0.15, 0.2) is 0 Å². The van der Waals surface area contributed by atoms with Crippen LogP contribution in [0.1, 0.15) is 11.3 Å². The second-order valence-corrected chi connectivity index (χ2v) is 9.52. The van der Waals surface area contributed by atoms with Gasteiger partial charge in [0.1, 0.15) is 0 Å². The van der Waals surface area contributed by atoms with E-state index in [0.29, 0.717) is 17.7 Å². The van der Waals surface area contributed by atoms with Crippen molar-refractivity contribution in [2.75, 3.05) is 0 Å². The second kappa shape index (κ2) is 9.09. The van der Waals surface area contributed by atoms with Gasteiger partial charge in [-0.25, -0.2) is 18.2 Å². The summed E-state index contributed by atoms with van der Waals surface area (Å²) in [7, 11) is -3.97. The smallest absolute Gasteiger partial charge is 0.232 e. The normalized spacial score (nSPS) is 11.4. The van der Waals surface area contributed by atoms with Crippen LogP contribution in [0.2, 0.25) is 0 Å². The molecular formula is C28H23N3O2S. The first-order valence-corrected chi connectivity index (χ1v) is 12.5. The molecule has 0 atom stereocenters. The molecule has 0 fully saturated rings. The summed E-state index contributed by atoms with van der Waals surface area (Å²) in [5, 5.41) is 10.7. The first-order chi connectivity index (χ1) is 16.5.